The summed E-state index contributed by atoms with van der Waals surface area (Å²) in [6.45, 7) is 4.00. The topological polar surface area (TPSA) is 29.1 Å². The van der Waals surface area contributed by atoms with Crippen molar-refractivity contribution in [3.8, 4) is 0 Å². The lowest BCUT2D eigenvalue weighted by atomic mass is 9.93. The van der Waals surface area contributed by atoms with Crippen LogP contribution in [-0.4, -0.2) is 11.2 Å². The van der Waals surface area contributed by atoms with Crippen LogP contribution in [0.15, 0.2) is 54.6 Å². The van der Waals surface area contributed by atoms with E-state index in [-0.39, 0.29) is 5.91 Å². The van der Waals surface area contributed by atoms with Gasteiger partial charge in [-0.05, 0) is 31.5 Å². The van der Waals surface area contributed by atoms with Gasteiger partial charge in [0.15, 0.2) is 0 Å². The highest BCUT2D eigenvalue weighted by Crippen LogP contribution is 2.23. The second-order valence-electron chi connectivity index (χ2n) is 5.16. The summed E-state index contributed by atoms with van der Waals surface area (Å²) in [7, 11) is 0. The molecular formula is C17H18BrNO. The van der Waals surface area contributed by atoms with Crippen LogP contribution in [0.2, 0.25) is 0 Å². The average molecular weight is 332 g/mol. The third-order valence-electron chi connectivity index (χ3n) is 3.35. The van der Waals surface area contributed by atoms with Gasteiger partial charge in [-0.2, -0.15) is 0 Å². The maximum atomic E-state index is 12.4. The molecule has 0 saturated carbocycles. The molecule has 0 aliphatic heterocycles. The first kappa shape index (κ1) is 14.8. The molecule has 1 amide bonds. The van der Waals surface area contributed by atoms with Crippen molar-refractivity contribution in [3.05, 3.63) is 71.3 Å². The number of halogens is 1. The Bertz CT molecular complexity index is 597. The average Bonchev–Trinajstić information content (AvgIpc) is 2.48. The molecule has 20 heavy (non-hydrogen) atoms. The number of aryl methyl sites for hydroxylation is 1. The van der Waals surface area contributed by atoms with Gasteiger partial charge in [0.05, 0.1) is 5.54 Å². The number of alkyl halides is 1. The fraction of sp³-hybridized carbons (Fsp3) is 0.235. The standard InChI is InChI=1S/C17H18BrNO/c1-13-7-6-8-14(11-13)16(20)19-17(2,12-18)15-9-4-3-5-10-15/h3-11H,12H2,1-2H3,(H,19,20). The molecule has 104 valence electrons. The number of amides is 1. The minimum Gasteiger partial charge on any atom is -0.342 e. The maximum Gasteiger partial charge on any atom is 0.252 e. The fourth-order valence-electron chi connectivity index (χ4n) is 2.10. The molecular weight excluding hydrogens is 314 g/mol. The first-order valence-electron chi connectivity index (χ1n) is 6.56. The van der Waals surface area contributed by atoms with Gasteiger partial charge in [-0.15, -0.1) is 0 Å². The van der Waals surface area contributed by atoms with Crippen molar-refractivity contribution in [2.75, 3.05) is 5.33 Å². The molecule has 0 radical (unpaired) electrons. The van der Waals surface area contributed by atoms with Crippen molar-refractivity contribution in [2.24, 2.45) is 0 Å². The number of carbonyl (C=O) groups excluding carboxylic acids is 1. The molecule has 0 fully saturated rings. The smallest absolute Gasteiger partial charge is 0.252 e. The van der Waals surface area contributed by atoms with E-state index in [1.165, 1.54) is 0 Å². The summed E-state index contributed by atoms with van der Waals surface area (Å²) in [5.74, 6) is -0.0560. The second kappa shape index (κ2) is 6.23. The van der Waals surface area contributed by atoms with E-state index in [9.17, 15) is 4.79 Å². The number of hydrogen-bond donors (Lipinski definition) is 1. The molecule has 0 aromatic heterocycles. The molecule has 0 bridgehead atoms. The van der Waals surface area contributed by atoms with Crippen LogP contribution in [0.1, 0.15) is 28.4 Å². The Morgan fingerprint density at radius 2 is 1.85 bits per heavy atom. The van der Waals surface area contributed by atoms with E-state index in [1.54, 1.807) is 0 Å². The predicted molar refractivity (Wildman–Crippen MR) is 86.2 cm³/mol. The van der Waals surface area contributed by atoms with Gasteiger partial charge >= 0.3 is 0 Å². The SMILES string of the molecule is Cc1cccc(C(=O)NC(C)(CBr)c2ccccc2)c1. The van der Waals surface area contributed by atoms with Crippen LogP contribution in [0.25, 0.3) is 0 Å². The van der Waals surface area contributed by atoms with Gasteiger partial charge in [0, 0.05) is 10.9 Å². The summed E-state index contributed by atoms with van der Waals surface area (Å²) in [4.78, 5) is 12.4. The summed E-state index contributed by atoms with van der Waals surface area (Å²) < 4.78 is 0. The minimum atomic E-state index is -0.428. The fourth-order valence-corrected chi connectivity index (χ4v) is 2.56. The van der Waals surface area contributed by atoms with Crippen LogP contribution in [0.4, 0.5) is 0 Å². The van der Waals surface area contributed by atoms with Gasteiger partial charge in [-0.25, -0.2) is 0 Å². The largest absolute Gasteiger partial charge is 0.342 e. The van der Waals surface area contributed by atoms with Crippen molar-refractivity contribution in [2.45, 2.75) is 19.4 Å². The molecule has 0 heterocycles. The molecule has 1 unspecified atom stereocenters. The van der Waals surface area contributed by atoms with Gasteiger partial charge in [0.2, 0.25) is 0 Å². The van der Waals surface area contributed by atoms with Crippen LogP contribution in [-0.2, 0) is 5.54 Å². The van der Waals surface area contributed by atoms with Crippen LogP contribution in [0, 0.1) is 6.92 Å². The Balaban J connectivity index is 2.24. The van der Waals surface area contributed by atoms with Crippen LogP contribution in [0.5, 0.6) is 0 Å². The number of nitrogens with one attached hydrogen (secondary N) is 1. The van der Waals surface area contributed by atoms with E-state index in [0.29, 0.717) is 10.9 Å². The molecule has 2 aromatic rings. The van der Waals surface area contributed by atoms with Crippen LogP contribution < -0.4 is 5.32 Å². The van der Waals surface area contributed by atoms with E-state index in [1.807, 2.05) is 68.4 Å². The Kier molecular flexibility index (Phi) is 4.61. The lowest BCUT2D eigenvalue weighted by molar-refractivity contribution is 0.0914. The van der Waals surface area contributed by atoms with Crippen molar-refractivity contribution in [3.63, 3.8) is 0 Å². The molecule has 3 heteroatoms. The van der Waals surface area contributed by atoms with Crippen LogP contribution in [0.3, 0.4) is 0 Å². The monoisotopic (exact) mass is 331 g/mol. The lowest BCUT2D eigenvalue weighted by Crippen LogP contribution is -2.44. The summed E-state index contributed by atoms with van der Waals surface area (Å²) >= 11 is 3.51. The minimum absolute atomic E-state index is 0.0560. The second-order valence-corrected chi connectivity index (χ2v) is 5.72. The summed E-state index contributed by atoms with van der Waals surface area (Å²) in [5.41, 5.74) is 2.42. The Labute approximate surface area is 128 Å². The van der Waals surface area contributed by atoms with Gasteiger partial charge in [-0.3, -0.25) is 4.79 Å². The van der Waals surface area contributed by atoms with Gasteiger partial charge in [0.25, 0.3) is 5.91 Å². The van der Waals surface area contributed by atoms with Gasteiger partial charge < -0.3 is 5.32 Å². The molecule has 0 saturated heterocycles. The molecule has 2 aromatic carbocycles. The zero-order chi connectivity index (χ0) is 14.6. The quantitative estimate of drug-likeness (QED) is 0.842. The normalized spacial score (nSPS) is 13.6. The van der Waals surface area contributed by atoms with Gasteiger partial charge in [-0.1, -0.05) is 64.0 Å². The molecule has 0 spiro atoms. The third-order valence-corrected chi connectivity index (χ3v) is 4.47. The predicted octanol–water partition coefficient (Wildman–Crippen LogP) is 4.04. The zero-order valence-corrected chi connectivity index (χ0v) is 13.3. The van der Waals surface area contributed by atoms with Crippen molar-refractivity contribution >= 4 is 21.8 Å². The first-order chi connectivity index (χ1) is 9.55. The third kappa shape index (κ3) is 3.28. The molecule has 0 aliphatic carbocycles. The highest BCUT2D eigenvalue weighted by Gasteiger charge is 2.27. The number of rotatable bonds is 4. The zero-order valence-electron chi connectivity index (χ0n) is 11.7. The molecule has 2 rings (SSSR count). The Morgan fingerprint density at radius 1 is 1.15 bits per heavy atom. The summed E-state index contributed by atoms with van der Waals surface area (Å²) in [6.07, 6.45) is 0. The van der Waals surface area contributed by atoms with Crippen LogP contribution >= 0.6 is 15.9 Å². The Morgan fingerprint density at radius 3 is 2.45 bits per heavy atom. The van der Waals surface area contributed by atoms with E-state index in [0.717, 1.165) is 11.1 Å². The number of benzene rings is 2. The first-order valence-corrected chi connectivity index (χ1v) is 7.68. The number of carbonyl (C=O) groups is 1. The molecule has 0 aliphatic rings. The molecule has 2 nitrogen and oxygen atoms in total. The molecule has 1 atom stereocenters. The van der Waals surface area contributed by atoms with Gasteiger partial charge in [0.1, 0.15) is 0 Å². The lowest BCUT2D eigenvalue weighted by Gasteiger charge is -2.29. The number of hydrogen-bond acceptors (Lipinski definition) is 1. The van der Waals surface area contributed by atoms with Crippen molar-refractivity contribution in [1.29, 1.82) is 0 Å². The summed E-state index contributed by atoms with van der Waals surface area (Å²) in [6, 6.07) is 17.6. The van der Waals surface area contributed by atoms with Crippen molar-refractivity contribution in [1.82, 2.24) is 5.32 Å². The highest BCUT2D eigenvalue weighted by molar-refractivity contribution is 9.09. The maximum absolute atomic E-state index is 12.4. The summed E-state index contributed by atoms with van der Waals surface area (Å²) in [5, 5.41) is 3.77. The molecule has 1 N–H and O–H groups in total. The van der Waals surface area contributed by atoms with E-state index in [4.69, 9.17) is 0 Å². The Hall–Kier alpha value is -1.61. The highest BCUT2D eigenvalue weighted by atomic mass is 79.9. The van der Waals surface area contributed by atoms with E-state index in [2.05, 4.69) is 21.2 Å². The van der Waals surface area contributed by atoms with E-state index >= 15 is 0 Å². The van der Waals surface area contributed by atoms with Crippen molar-refractivity contribution < 1.29 is 4.79 Å². The van der Waals surface area contributed by atoms with E-state index < -0.39 is 5.54 Å².